The number of hydrogen-bond acceptors (Lipinski definition) is 1. The second-order valence-electron chi connectivity index (χ2n) is 11.7. The molecule has 2 nitrogen and oxygen atoms in total. The van der Waals surface area contributed by atoms with Gasteiger partial charge in [0.05, 0.1) is 11.0 Å². The zero-order chi connectivity index (χ0) is 27.3. The molecular weight excluding hydrogens is 498 g/mol. The smallest absolute Gasteiger partial charge is 0.143 e. The molecular formula is C39H27NO. The Balaban J connectivity index is 1.23. The molecule has 0 fully saturated rings. The van der Waals surface area contributed by atoms with E-state index in [4.69, 9.17) is 4.42 Å². The summed E-state index contributed by atoms with van der Waals surface area (Å²) in [7, 11) is 0. The first-order valence-corrected chi connectivity index (χ1v) is 14.3. The first-order valence-electron chi connectivity index (χ1n) is 14.3. The molecule has 9 rings (SSSR count). The lowest BCUT2D eigenvalue weighted by molar-refractivity contribution is 0.653. The molecule has 0 radical (unpaired) electrons. The molecule has 0 saturated heterocycles. The van der Waals surface area contributed by atoms with Gasteiger partial charge < -0.3 is 8.98 Å². The monoisotopic (exact) mass is 525 g/mol. The Morgan fingerprint density at radius 2 is 1.10 bits per heavy atom. The van der Waals surface area contributed by atoms with Crippen molar-refractivity contribution < 1.29 is 4.42 Å². The van der Waals surface area contributed by atoms with Crippen LogP contribution in [0.15, 0.2) is 132 Å². The normalized spacial score (nSPS) is 13.8. The van der Waals surface area contributed by atoms with Gasteiger partial charge in [-0.25, -0.2) is 0 Å². The third-order valence-electron chi connectivity index (χ3n) is 9.23. The van der Waals surface area contributed by atoms with Crippen LogP contribution >= 0.6 is 0 Å². The maximum atomic E-state index is 6.84. The SMILES string of the molecule is CC1(C)c2ccccc2-c2c1ccc1c2oc2c(-c3ccc(-n4c5ccccc5c5ccccc54)cc3)cccc21. The standard InChI is InChI=1S/C39H27NO/c1-39(2)32-15-6-3-12-31(32)36-33(39)23-22-30-29-14-9-13-26(37(29)41-38(30)36)24-18-20-25(21-19-24)40-34-16-7-4-10-27(34)28-11-5-8-17-35(28)40/h3-23H,1-2H3. The van der Waals surface area contributed by atoms with E-state index in [0.29, 0.717) is 0 Å². The molecule has 8 aromatic rings. The maximum absolute atomic E-state index is 6.84. The Morgan fingerprint density at radius 1 is 0.488 bits per heavy atom. The summed E-state index contributed by atoms with van der Waals surface area (Å²) in [6.45, 7) is 4.63. The molecule has 6 aromatic carbocycles. The van der Waals surface area contributed by atoms with Crippen molar-refractivity contribution in [3.8, 4) is 27.9 Å². The largest absolute Gasteiger partial charge is 0.455 e. The van der Waals surface area contributed by atoms with Gasteiger partial charge in [0.15, 0.2) is 0 Å². The number of hydrogen-bond donors (Lipinski definition) is 0. The third-order valence-corrected chi connectivity index (χ3v) is 9.23. The Labute approximate surface area is 238 Å². The minimum atomic E-state index is -0.0510. The van der Waals surface area contributed by atoms with Gasteiger partial charge in [0.2, 0.25) is 0 Å². The molecule has 2 aromatic heterocycles. The van der Waals surface area contributed by atoms with Crippen LogP contribution in [0.25, 0.3) is 71.7 Å². The summed E-state index contributed by atoms with van der Waals surface area (Å²) < 4.78 is 9.20. The van der Waals surface area contributed by atoms with Crippen LogP contribution in [0.3, 0.4) is 0 Å². The molecule has 0 saturated carbocycles. The molecule has 0 N–H and O–H groups in total. The zero-order valence-corrected chi connectivity index (χ0v) is 23.0. The Kier molecular flexibility index (Phi) is 4.42. The van der Waals surface area contributed by atoms with E-state index in [2.05, 4.69) is 146 Å². The van der Waals surface area contributed by atoms with Crippen LogP contribution in [0.4, 0.5) is 0 Å². The quantitative estimate of drug-likeness (QED) is 0.219. The predicted molar refractivity (Wildman–Crippen MR) is 171 cm³/mol. The summed E-state index contributed by atoms with van der Waals surface area (Å²) in [6, 6.07) is 46.1. The summed E-state index contributed by atoms with van der Waals surface area (Å²) in [6.07, 6.45) is 0. The summed E-state index contributed by atoms with van der Waals surface area (Å²) in [5.41, 5.74) is 13.0. The number of fused-ring (bicyclic) bond motifs is 10. The summed E-state index contributed by atoms with van der Waals surface area (Å²) in [4.78, 5) is 0. The molecule has 0 atom stereocenters. The van der Waals surface area contributed by atoms with Crippen molar-refractivity contribution in [2.24, 2.45) is 0 Å². The molecule has 1 aliphatic rings. The van der Waals surface area contributed by atoms with Gasteiger partial charge in [-0.3, -0.25) is 0 Å². The lowest BCUT2D eigenvalue weighted by atomic mass is 9.82. The van der Waals surface area contributed by atoms with Crippen LogP contribution in [0, 0.1) is 0 Å². The van der Waals surface area contributed by atoms with Crippen molar-refractivity contribution in [2.75, 3.05) is 0 Å². The van der Waals surface area contributed by atoms with E-state index in [0.717, 1.165) is 33.4 Å². The number of rotatable bonds is 2. The number of para-hydroxylation sites is 3. The van der Waals surface area contributed by atoms with Crippen molar-refractivity contribution in [2.45, 2.75) is 19.3 Å². The minimum absolute atomic E-state index is 0.0510. The van der Waals surface area contributed by atoms with E-state index >= 15 is 0 Å². The molecule has 194 valence electrons. The fourth-order valence-electron chi connectivity index (χ4n) is 7.26. The molecule has 0 unspecified atom stereocenters. The maximum Gasteiger partial charge on any atom is 0.143 e. The van der Waals surface area contributed by atoms with Crippen molar-refractivity contribution in [1.29, 1.82) is 0 Å². The van der Waals surface area contributed by atoms with Gasteiger partial charge in [-0.15, -0.1) is 0 Å². The lowest BCUT2D eigenvalue weighted by Crippen LogP contribution is -2.14. The molecule has 0 spiro atoms. The van der Waals surface area contributed by atoms with Crippen molar-refractivity contribution in [1.82, 2.24) is 4.57 Å². The molecule has 0 bridgehead atoms. The van der Waals surface area contributed by atoms with Gasteiger partial charge in [0, 0.05) is 43.8 Å². The van der Waals surface area contributed by atoms with Crippen molar-refractivity contribution >= 4 is 43.7 Å². The molecule has 2 heterocycles. The number of furan rings is 1. The molecule has 1 aliphatic carbocycles. The topological polar surface area (TPSA) is 18.1 Å². The van der Waals surface area contributed by atoms with E-state index in [1.165, 1.54) is 49.4 Å². The highest BCUT2D eigenvalue weighted by atomic mass is 16.3. The van der Waals surface area contributed by atoms with Gasteiger partial charge in [-0.2, -0.15) is 0 Å². The second kappa shape index (κ2) is 7.99. The predicted octanol–water partition coefficient (Wildman–Crippen LogP) is 10.7. The van der Waals surface area contributed by atoms with E-state index in [9.17, 15) is 0 Å². The second-order valence-corrected chi connectivity index (χ2v) is 11.7. The third kappa shape index (κ3) is 2.97. The van der Waals surface area contributed by atoms with Crippen LogP contribution in [-0.4, -0.2) is 4.57 Å². The van der Waals surface area contributed by atoms with E-state index < -0.39 is 0 Å². The van der Waals surface area contributed by atoms with E-state index in [-0.39, 0.29) is 5.41 Å². The van der Waals surface area contributed by atoms with Gasteiger partial charge in [0.25, 0.3) is 0 Å². The Bertz CT molecular complexity index is 2280. The summed E-state index contributed by atoms with van der Waals surface area (Å²) >= 11 is 0. The Morgan fingerprint density at radius 3 is 1.85 bits per heavy atom. The first-order chi connectivity index (χ1) is 20.1. The zero-order valence-electron chi connectivity index (χ0n) is 23.0. The molecule has 2 heteroatoms. The van der Waals surface area contributed by atoms with E-state index in [1.807, 2.05) is 0 Å². The van der Waals surface area contributed by atoms with Gasteiger partial charge in [-0.1, -0.05) is 117 Å². The number of benzene rings is 6. The van der Waals surface area contributed by atoms with Crippen LogP contribution in [0.2, 0.25) is 0 Å². The van der Waals surface area contributed by atoms with Crippen LogP contribution in [0.5, 0.6) is 0 Å². The molecule has 0 aliphatic heterocycles. The Hall–Kier alpha value is -5.08. The average Bonchev–Trinajstić information content (AvgIpc) is 3.64. The number of nitrogens with zero attached hydrogens (tertiary/aromatic N) is 1. The fraction of sp³-hybridized carbons (Fsp3) is 0.0769. The van der Waals surface area contributed by atoms with Gasteiger partial charge >= 0.3 is 0 Å². The minimum Gasteiger partial charge on any atom is -0.455 e. The molecule has 41 heavy (non-hydrogen) atoms. The van der Waals surface area contributed by atoms with Crippen LogP contribution in [0.1, 0.15) is 25.0 Å². The van der Waals surface area contributed by atoms with Gasteiger partial charge in [-0.05, 0) is 46.5 Å². The highest BCUT2D eigenvalue weighted by molar-refractivity contribution is 6.14. The van der Waals surface area contributed by atoms with Crippen LogP contribution < -0.4 is 0 Å². The number of aromatic nitrogens is 1. The van der Waals surface area contributed by atoms with Gasteiger partial charge in [0.1, 0.15) is 11.2 Å². The van der Waals surface area contributed by atoms with Crippen LogP contribution in [-0.2, 0) is 5.41 Å². The lowest BCUT2D eigenvalue weighted by Gasteiger charge is -2.21. The first kappa shape index (κ1) is 22.7. The highest BCUT2D eigenvalue weighted by Crippen LogP contribution is 2.52. The highest BCUT2D eigenvalue weighted by Gasteiger charge is 2.37. The van der Waals surface area contributed by atoms with Crippen molar-refractivity contribution in [3.63, 3.8) is 0 Å². The van der Waals surface area contributed by atoms with E-state index in [1.54, 1.807) is 0 Å². The summed E-state index contributed by atoms with van der Waals surface area (Å²) in [5.74, 6) is 0. The van der Waals surface area contributed by atoms with Crippen molar-refractivity contribution in [3.05, 3.63) is 139 Å². The molecule has 0 amide bonds. The summed E-state index contributed by atoms with van der Waals surface area (Å²) in [5, 5.41) is 4.89. The fourth-order valence-corrected chi connectivity index (χ4v) is 7.26. The average molecular weight is 526 g/mol.